The number of para-hydroxylation sites is 1. The number of ether oxygens (including phenoxy) is 1. The first-order valence-corrected chi connectivity index (χ1v) is 11.6. The number of carbonyl (C=O) groups is 1. The van der Waals surface area contributed by atoms with E-state index < -0.39 is 0 Å². The molecular formula is C23H27ClN4O2S. The summed E-state index contributed by atoms with van der Waals surface area (Å²) in [5.74, 6) is 2.29. The smallest absolute Gasteiger partial charge is 0.230 e. The molecule has 1 heterocycles. The van der Waals surface area contributed by atoms with Crippen LogP contribution >= 0.6 is 23.4 Å². The molecule has 6 nitrogen and oxygen atoms in total. The first kappa shape index (κ1) is 23.2. The molecule has 2 aromatic carbocycles. The molecule has 0 saturated carbocycles. The van der Waals surface area contributed by atoms with Crippen LogP contribution in [-0.2, 0) is 24.5 Å². The van der Waals surface area contributed by atoms with Gasteiger partial charge in [-0.25, -0.2) is 0 Å². The van der Waals surface area contributed by atoms with Gasteiger partial charge < -0.3 is 14.6 Å². The molecule has 0 fully saturated rings. The van der Waals surface area contributed by atoms with Crippen molar-refractivity contribution in [3.8, 4) is 5.75 Å². The van der Waals surface area contributed by atoms with Gasteiger partial charge in [0.2, 0.25) is 5.91 Å². The average Bonchev–Trinajstić information content (AvgIpc) is 3.15. The Kier molecular flexibility index (Phi) is 8.79. The van der Waals surface area contributed by atoms with Crippen LogP contribution < -0.4 is 10.1 Å². The van der Waals surface area contributed by atoms with Gasteiger partial charge >= 0.3 is 0 Å². The summed E-state index contributed by atoms with van der Waals surface area (Å²) < 4.78 is 7.91. The topological polar surface area (TPSA) is 69.0 Å². The van der Waals surface area contributed by atoms with Crippen molar-refractivity contribution in [1.82, 2.24) is 20.1 Å². The third kappa shape index (κ3) is 7.60. The van der Waals surface area contributed by atoms with Gasteiger partial charge in [0.05, 0.1) is 5.75 Å². The molecule has 164 valence electrons. The van der Waals surface area contributed by atoms with Gasteiger partial charge in [-0.05, 0) is 42.2 Å². The summed E-state index contributed by atoms with van der Waals surface area (Å²) in [5.41, 5.74) is 0.964. The molecule has 3 rings (SSSR count). The summed E-state index contributed by atoms with van der Waals surface area (Å²) in [6.07, 6.45) is 0.991. The van der Waals surface area contributed by atoms with Gasteiger partial charge in [0.25, 0.3) is 0 Å². The van der Waals surface area contributed by atoms with Crippen LogP contribution in [0.3, 0.4) is 0 Å². The average molecular weight is 459 g/mol. The molecule has 1 amide bonds. The molecule has 8 heteroatoms. The Labute approximate surface area is 192 Å². The first-order chi connectivity index (χ1) is 15.0. The van der Waals surface area contributed by atoms with Gasteiger partial charge in [-0.15, -0.1) is 10.2 Å². The van der Waals surface area contributed by atoms with Crippen molar-refractivity contribution in [3.63, 3.8) is 0 Å². The number of carbonyl (C=O) groups excluding carboxylic acids is 1. The quantitative estimate of drug-likeness (QED) is 0.411. The zero-order valence-electron chi connectivity index (χ0n) is 17.8. The van der Waals surface area contributed by atoms with E-state index in [9.17, 15) is 4.79 Å². The fourth-order valence-corrected chi connectivity index (χ4v) is 3.86. The lowest BCUT2D eigenvalue weighted by molar-refractivity contribution is -0.118. The van der Waals surface area contributed by atoms with E-state index in [4.69, 9.17) is 16.3 Å². The Balaban J connectivity index is 1.58. The SMILES string of the molecule is CC(C)CCn1c(COc2ccccc2)nnc1SCC(=O)NCc1cccc(Cl)c1. The number of nitrogens with zero attached hydrogens (tertiary/aromatic N) is 3. The van der Waals surface area contributed by atoms with Crippen LogP contribution in [-0.4, -0.2) is 26.4 Å². The summed E-state index contributed by atoms with van der Waals surface area (Å²) in [5, 5.41) is 12.9. The molecule has 0 unspecified atom stereocenters. The lowest BCUT2D eigenvalue weighted by atomic mass is 10.1. The molecule has 0 bridgehead atoms. The predicted octanol–water partition coefficient (Wildman–Crippen LogP) is 4.97. The van der Waals surface area contributed by atoms with Crippen molar-refractivity contribution >= 4 is 29.3 Å². The Hall–Kier alpha value is -2.51. The van der Waals surface area contributed by atoms with Crippen molar-refractivity contribution in [3.05, 3.63) is 71.0 Å². The van der Waals surface area contributed by atoms with Crippen molar-refractivity contribution in [2.45, 2.75) is 45.1 Å². The number of hydrogen-bond donors (Lipinski definition) is 1. The monoisotopic (exact) mass is 458 g/mol. The zero-order valence-corrected chi connectivity index (χ0v) is 19.3. The van der Waals surface area contributed by atoms with E-state index in [-0.39, 0.29) is 11.7 Å². The van der Waals surface area contributed by atoms with Crippen LogP contribution in [0, 0.1) is 5.92 Å². The van der Waals surface area contributed by atoms with Crippen LogP contribution in [0.2, 0.25) is 5.02 Å². The van der Waals surface area contributed by atoms with E-state index >= 15 is 0 Å². The minimum absolute atomic E-state index is 0.0644. The minimum atomic E-state index is -0.0644. The van der Waals surface area contributed by atoms with Gasteiger partial charge in [-0.1, -0.05) is 67.5 Å². The summed E-state index contributed by atoms with van der Waals surface area (Å²) in [7, 11) is 0. The number of aromatic nitrogens is 3. The first-order valence-electron chi connectivity index (χ1n) is 10.2. The molecule has 0 saturated heterocycles. The lowest BCUT2D eigenvalue weighted by Gasteiger charge is -2.12. The largest absolute Gasteiger partial charge is 0.486 e. The second-order valence-electron chi connectivity index (χ2n) is 7.53. The molecule has 31 heavy (non-hydrogen) atoms. The second kappa shape index (κ2) is 11.8. The Bertz CT molecular complexity index is 979. The van der Waals surface area contributed by atoms with Gasteiger partial charge in [0, 0.05) is 18.1 Å². The lowest BCUT2D eigenvalue weighted by Crippen LogP contribution is -2.24. The molecule has 0 radical (unpaired) electrons. The second-order valence-corrected chi connectivity index (χ2v) is 8.91. The highest BCUT2D eigenvalue weighted by Crippen LogP contribution is 2.20. The van der Waals surface area contributed by atoms with Crippen LogP contribution in [0.5, 0.6) is 5.75 Å². The summed E-state index contributed by atoms with van der Waals surface area (Å²) >= 11 is 7.38. The Morgan fingerprint density at radius 3 is 2.71 bits per heavy atom. The third-order valence-corrected chi connectivity index (χ3v) is 5.75. The number of halogens is 1. The van der Waals surface area contributed by atoms with Crippen molar-refractivity contribution in [2.24, 2.45) is 5.92 Å². The molecule has 0 spiro atoms. The maximum atomic E-state index is 12.3. The molecule has 0 aliphatic rings. The van der Waals surface area contributed by atoms with Gasteiger partial charge in [-0.2, -0.15) is 0 Å². The van der Waals surface area contributed by atoms with E-state index in [0.717, 1.165) is 35.3 Å². The molecular weight excluding hydrogens is 432 g/mol. The van der Waals surface area contributed by atoms with E-state index in [1.54, 1.807) is 0 Å². The summed E-state index contributed by atoms with van der Waals surface area (Å²) in [6, 6.07) is 17.1. The molecule has 1 aromatic heterocycles. The molecule has 0 atom stereocenters. The van der Waals surface area contributed by atoms with Gasteiger partial charge in [-0.3, -0.25) is 4.79 Å². The fourth-order valence-electron chi connectivity index (χ4n) is 2.84. The minimum Gasteiger partial charge on any atom is -0.486 e. The molecule has 0 aliphatic carbocycles. The number of benzene rings is 2. The number of amides is 1. The maximum absolute atomic E-state index is 12.3. The Morgan fingerprint density at radius 1 is 1.16 bits per heavy atom. The van der Waals surface area contributed by atoms with Gasteiger partial charge in [0.1, 0.15) is 12.4 Å². The fraction of sp³-hybridized carbons (Fsp3) is 0.348. The summed E-state index contributed by atoms with van der Waals surface area (Å²) in [4.78, 5) is 12.3. The van der Waals surface area contributed by atoms with Crippen LogP contribution in [0.4, 0.5) is 0 Å². The maximum Gasteiger partial charge on any atom is 0.230 e. The van der Waals surface area contributed by atoms with Crippen LogP contribution in [0.25, 0.3) is 0 Å². The molecule has 0 aliphatic heterocycles. The third-order valence-electron chi connectivity index (χ3n) is 4.55. The number of hydrogen-bond acceptors (Lipinski definition) is 5. The number of nitrogens with one attached hydrogen (secondary N) is 1. The predicted molar refractivity (Wildman–Crippen MR) is 124 cm³/mol. The van der Waals surface area contributed by atoms with E-state index in [0.29, 0.717) is 24.1 Å². The highest BCUT2D eigenvalue weighted by atomic mass is 35.5. The number of thioether (sulfide) groups is 1. The van der Waals surface area contributed by atoms with Crippen LogP contribution in [0.15, 0.2) is 59.8 Å². The summed E-state index contributed by atoms with van der Waals surface area (Å²) in [6.45, 7) is 5.92. The molecule has 3 aromatic rings. The van der Waals surface area contributed by atoms with Crippen molar-refractivity contribution in [2.75, 3.05) is 5.75 Å². The zero-order chi connectivity index (χ0) is 22.1. The van der Waals surface area contributed by atoms with E-state index in [1.807, 2.05) is 54.6 Å². The highest BCUT2D eigenvalue weighted by molar-refractivity contribution is 7.99. The number of rotatable bonds is 11. The normalized spacial score (nSPS) is 11.0. The standard InChI is InChI=1S/C23H27ClN4O2S/c1-17(2)11-12-28-21(15-30-20-9-4-3-5-10-20)26-27-23(28)31-16-22(29)25-14-18-7-6-8-19(24)13-18/h3-10,13,17H,11-12,14-16H2,1-2H3,(H,25,29). The van der Waals surface area contributed by atoms with Crippen molar-refractivity contribution in [1.29, 1.82) is 0 Å². The van der Waals surface area contributed by atoms with Crippen molar-refractivity contribution < 1.29 is 9.53 Å². The van der Waals surface area contributed by atoms with Crippen LogP contribution in [0.1, 0.15) is 31.7 Å². The highest BCUT2D eigenvalue weighted by Gasteiger charge is 2.15. The molecule has 1 N–H and O–H groups in total. The van der Waals surface area contributed by atoms with E-state index in [1.165, 1.54) is 11.8 Å². The van der Waals surface area contributed by atoms with E-state index in [2.05, 4.69) is 33.9 Å². The van der Waals surface area contributed by atoms with Gasteiger partial charge in [0.15, 0.2) is 11.0 Å². The Morgan fingerprint density at radius 2 is 1.97 bits per heavy atom.